The first kappa shape index (κ1) is 26.2. The Kier molecular flexibility index (Phi) is 9.37. The summed E-state index contributed by atoms with van der Waals surface area (Å²) in [7, 11) is 0. The highest BCUT2D eigenvalue weighted by molar-refractivity contribution is 5.36. The molecule has 0 aliphatic heterocycles. The summed E-state index contributed by atoms with van der Waals surface area (Å²) in [5, 5.41) is 34.4. The van der Waals surface area contributed by atoms with Crippen molar-refractivity contribution in [3.63, 3.8) is 0 Å². The van der Waals surface area contributed by atoms with Gasteiger partial charge in [-0.1, -0.05) is 24.3 Å². The van der Waals surface area contributed by atoms with E-state index in [1.54, 1.807) is 36.4 Å². The maximum Gasteiger partial charge on any atom is 0.269 e. The van der Waals surface area contributed by atoms with E-state index in [0.29, 0.717) is 44.8 Å². The maximum atomic E-state index is 10.9. The van der Waals surface area contributed by atoms with Gasteiger partial charge in [-0.2, -0.15) is 0 Å². The van der Waals surface area contributed by atoms with Crippen LogP contribution in [0.5, 0.6) is 5.75 Å². The number of hydrazine groups is 1. The fraction of sp³-hybridized carbons (Fsp3) is 0.250. The van der Waals surface area contributed by atoms with Crippen molar-refractivity contribution in [3.05, 3.63) is 114 Å². The molecule has 12 heteroatoms. The summed E-state index contributed by atoms with van der Waals surface area (Å²) in [6, 6.07) is 18.6. The molecule has 0 aromatic heterocycles. The lowest BCUT2D eigenvalue weighted by Crippen LogP contribution is -2.43. The van der Waals surface area contributed by atoms with E-state index >= 15 is 0 Å². The van der Waals surface area contributed by atoms with Crippen molar-refractivity contribution in [2.75, 3.05) is 26.2 Å². The van der Waals surface area contributed by atoms with Gasteiger partial charge in [-0.15, -0.1) is 0 Å². The number of nitrogens with one attached hydrogen (secondary N) is 1. The van der Waals surface area contributed by atoms with Gasteiger partial charge in [0.15, 0.2) is 0 Å². The van der Waals surface area contributed by atoms with E-state index in [0.717, 1.165) is 11.1 Å². The third kappa shape index (κ3) is 8.11. The topological polar surface area (TPSA) is 154 Å². The first-order valence-electron chi connectivity index (χ1n) is 11.1. The Balaban J connectivity index is 1.55. The van der Waals surface area contributed by atoms with Crippen molar-refractivity contribution in [3.8, 4) is 5.75 Å². The third-order valence-corrected chi connectivity index (χ3v) is 5.39. The van der Waals surface area contributed by atoms with Gasteiger partial charge in [0.2, 0.25) is 0 Å². The van der Waals surface area contributed by atoms with Gasteiger partial charge < -0.3 is 4.74 Å². The fourth-order valence-electron chi connectivity index (χ4n) is 3.40. The Hall–Kier alpha value is -4.42. The molecule has 0 aliphatic rings. The van der Waals surface area contributed by atoms with Gasteiger partial charge in [0.25, 0.3) is 17.1 Å². The van der Waals surface area contributed by atoms with Gasteiger partial charge in [-0.25, -0.2) is 5.01 Å². The van der Waals surface area contributed by atoms with E-state index in [1.165, 1.54) is 36.4 Å². The Bertz CT molecular complexity index is 1110. The fourth-order valence-corrected chi connectivity index (χ4v) is 3.40. The molecule has 0 atom stereocenters. The molecule has 12 nitrogen and oxygen atoms in total. The van der Waals surface area contributed by atoms with Crippen LogP contribution in [0.25, 0.3) is 0 Å². The van der Waals surface area contributed by atoms with Crippen LogP contribution in [0.15, 0.2) is 72.8 Å². The van der Waals surface area contributed by atoms with Gasteiger partial charge >= 0.3 is 0 Å². The molecular formula is C24H25N5O7. The molecule has 0 fully saturated rings. The molecule has 1 N–H and O–H groups in total. The number of nitro groups is 3. The summed E-state index contributed by atoms with van der Waals surface area (Å²) in [6.07, 6.45) is 1.29. The first-order valence-corrected chi connectivity index (χ1v) is 11.1. The Labute approximate surface area is 206 Å². The van der Waals surface area contributed by atoms with Gasteiger partial charge in [-0.3, -0.25) is 35.8 Å². The van der Waals surface area contributed by atoms with Crippen LogP contribution in [0.3, 0.4) is 0 Å². The monoisotopic (exact) mass is 495 g/mol. The molecule has 3 aromatic rings. The quantitative estimate of drug-likeness (QED) is 0.257. The van der Waals surface area contributed by atoms with Crippen molar-refractivity contribution in [2.24, 2.45) is 0 Å². The average molecular weight is 495 g/mol. The normalized spacial score (nSPS) is 10.8. The van der Waals surface area contributed by atoms with Crippen molar-refractivity contribution in [1.82, 2.24) is 10.4 Å². The summed E-state index contributed by atoms with van der Waals surface area (Å²) in [4.78, 5) is 31.1. The van der Waals surface area contributed by atoms with Crippen LogP contribution in [-0.4, -0.2) is 46.0 Å². The molecule has 0 saturated heterocycles. The van der Waals surface area contributed by atoms with Crippen LogP contribution in [-0.2, 0) is 12.8 Å². The SMILES string of the molecule is O=[N+]([O-])c1ccc(CCNN(CCOc2ccc([N+](=O)[O-])cc2)CCc2ccc([N+](=O)[O-])cc2)cc1. The number of ether oxygens (including phenoxy) is 1. The van der Waals surface area contributed by atoms with Crippen LogP contribution >= 0.6 is 0 Å². The number of non-ortho nitro benzene ring substituents is 3. The van der Waals surface area contributed by atoms with Crippen LogP contribution in [0, 0.1) is 30.3 Å². The number of hydrogen-bond donors (Lipinski definition) is 1. The molecule has 188 valence electrons. The van der Waals surface area contributed by atoms with Crippen molar-refractivity contribution < 1.29 is 19.5 Å². The minimum absolute atomic E-state index is 0.0139. The standard InChI is InChI=1S/C24H25N5O7/c30-27(31)21-5-1-19(2-6-21)13-15-25-26(16-14-20-3-7-22(8-4-20)28(32)33)17-18-36-24-11-9-23(10-12-24)29(34)35/h1-12,25H,13-18H2. The van der Waals surface area contributed by atoms with Crippen LogP contribution in [0.1, 0.15) is 11.1 Å². The smallest absolute Gasteiger partial charge is 0.269 e. The van der Waals surface area contributed by atoms with Gasteiger partial charge in [0.1, 0.15) is 12.4 Å². The van der Waals surface area contributed by atoms with Crippen LogP contribution in [0.2, 0.25) is 0 Å². The maximum absolute atomic E-state index is 10.9. The minimum atomic E-state index is -0.474. The zero-order valence-corrected chi connectivity index (χ0v) is 19.3. The average Bonchev–Trinajstić information content (AvgIpc) is 2.87. The number of rotatable bonds is 14. The molecule has 3 aromatic carbocycles. The predicted molar refractivity (Wildman–Crippen MR) is 132 cm³/mol. The summed E-state index contributed by atoms with van der Waals surface area (Å²) >= 11 is 0. The Morgan fingerprint density at radius 1 is 0.639 bits per heavy atom. The highest BCUT2D eigenvalue weighted by Gasteiger charge is 2.10. The minimum Gasteiger partial charge on any atom is -0.492 e. The van der Waals surface area contributed by atoms with E-state index in [2.05, 4.69) is 5.43 Å². The van der Waals surface area contributed by atoms with E-state index in [1.807, 2.05) is 5.01 Å². The summed E-state index contributed by atoms with van der Waals surface area (Å²) in [5.41, 5.74) is 5.29. The molecule has 0 heterocycles. The Morgan fingerprint density at radius 2 is 1.08 bits per heavy atom. The number of hydrogen-bond acceptors (Lipinski definition) is 9. The first-order chi connectivity index (χ1) is 17.3. The summed E-state index contributed by atoms with van der Waals surface area (Å²) in [6.45, 7) is 2.00. The molecule has 0 unspecified atom stereocenters. The highest BCUT2D eigenvalue weighted by Crippen LogP contribution is 2.17. The van der Waals surface area contributed by atoms with Crippen molar-refractivity contribution in [1.29, 1.82) is 0 Å². The van der Waals surface area contributed by atoms with Crippen LogP contribution in [0.4, 0.5) is 17.1 Å². The van der Waals surface area contributed by atoms with Gasteiger partial charge in [0.05, 0.1) is 14.8 Å². The van der Waals surface area contributed by atoms with Crippen LogP contribution < -0.4 is 10.2 Å². The van der Waals surface area contributed by atoms with E-state index in [-0.39, 0.29) is 17.1 Å². The molecule has 0 aliphatic carbocycles. The molecule has 0 spiro atoms. The zero-order chi connectivity index (χ0) is 25.9. The van der Waals surface area contributed by atoms with Gasteiger partial charge in [0, 0.05) is 56.0 Å². The lowest BCUT2D eigenvalue weighted by Gasteiger charge is -2.23. The second-order valence-electron chi connectivity index (χ2n) is 7.84. The summed E-state index contributed by atoms with van der Waals surface area (Å²) in [5.74, 6) is 0.516. The van der Waals surface area contributed by atoms with E-state index in [4.69, 9.17) is 4.74 Å². The molecule has 0 bridgehead atoms. The zero-order valence-electron chi connectivity index (χ0n) is 19.3. The van der Waals surface area contributed by atoms with E-state index < -0.39 is 14.8 Å². The van der Waals surface area contributed by atoms with E-state index in [9.17, 15) is 30.3 Å². The third-order valence-electron chi connectivity index (χ3n) is 5.39. The second-order valence-corrected chi connectivity index (χ2v) is 7.84. The molecule has 36 heavy (non-hydrogen) atoms. The molecule has 3 rings (SSSR count). The molecule has 0 saturated carbocycles. The Morgan fingerprint density at radius 3 is 1.56 bits per heavy atom. The summed E-state index contributed by atoms with van der Waals surface area (Å²) < 4.78 is 5.72. The largest absolute Gasteiger partial charge is 0.492 e. The molecule has 0 radical (unpaired) electrons. The lowest BCUT2D eigenvalue weighted by atomic mass is 10.1. The predicted octanol–water partition coefficient (Wildman–Crippen LogP) is 4.08. The number of benzene rings is 3. The molecule has 0 amide bonds. The van der Waals surface area contributed by atoms with Gasteiger partial charge in [-0.05, 0) is 36.1 Å². The number of nitrogens with zero attached hydrogens (tertiary/aromatic N) is 4. The molecular weight excluding hydrogens is 470 g/mol. The van der Waals surface area contributed by atoms with Crippen molar-refractivity contribution >= 4 is 17.1 Å². The second kappa shape index (κ2) is 12.9. The number of nitro benzene ring substituents is 3. The van der Waals surface area contributed by atoms with Crippen molar-refractivity contribution in [2.45, 2.75) is 12.8 Å². The lowest BCUT2D eigenvalue weighted by molar-refractivity contribution is -0.385. The highest BCUT2D eigenvalue weighted by atomic mass is 16.6.